The smallest absolute Gasteiger partial charge is 0.237 e. The maximum atomic E-state index is 12.8. The van der Waals surface area contributed by atoms with Gasteiger partial charge in [-0.3, -0.25) is 9.30 Å². The molecule has 2 aromatic rings. The van der Waals surface area contributed by atoms with Crippen LogP contribution in [0.15, 0.2) is 35.5 Å². The third-order valence-corrected chi connectivity index (χ3v) is 7.68. The Morgan fingerprint density at radius 3 is 2.86 bits per heavy atom. The Morgan fingerprint density at radius 2 is 2.10 bits per heavy atom. The second-order valence-electron chi connectivity index (χ2n) is 6.78. The number of sulfonamides is 1. The van der Waals surface area contributed by atoms with Gasteiger partial charge < -0.3 is 10.6 Å². The zero-order chi connectivity index (χ0) is 20.7. The molecule has 0 saturated carbocycles. The van der Waals surface area contributed by atoms with Gasteiger partial charge in [-0.25, -0.2) is 13.4 Å². The lowest BCUT2D eigenvalue weighted by Crippen LogP contribution is -2.39. The van der Waals surface area contributed by atoms with Crippen LogP contribution in [0.3, 0.4) is 0 Å². The van der Waals surface area contributed by atoms with E-state index in [1.54, 1.807) is 11.3 Å². The predicted octanol–water partition coefficient (Wildman–Crippen LogP) is 2.20. The molecule has 29 heavy (non-hydrogen) atoms. The summed E-state index contributed by atoms with van der Waals surface area (Å²) in [5, 5.41) is 7.53. The molecule has 7 nitrogen and oxygen atoms in total. The number of nitrogens with zero attached hydrogens (tertiary/aromatic N) is 3. The SMILES string of the molecule is CCNC(=NCCS(=O)(=O)N1CCc2ccccc21)NCCc1ncc(CC)s1. The zero-order valence-electron chi connectivity index (χ0n) is 17.0. The van der Waals surface area contributed by atoms with Crippen molar-refractivity contribution in [3.8, 4) is 0 Å². The highest BCUT2D eigenvalue weighted by Crippen LogP contribution is 2.29. The van der Waals surface area contributed by atoms with Gasteiger partial charge in [0.25, 0.3) is 0 Å². The van der Waals surface area contributed by atoms with E-state index in [0.29, 0.717) is 19.0 Å². The molecule has 2 heterocycles. The first-order chi connectivity index (χ1) is 14.0. The van der Waals surface area contributed by atoms with Crippen molar-refractivity contribution >= 4 is 33.0 Å². The molecule has 3 rings (SSSR count). The van der Waals surface area contributed by atoms with E-state index in [0.717, 1.165) is 42.1 Å². The number of nitrogens with one attached hydrogen (secondary N) is 2. The van der Waals surface area contributed by atoms with E-state index in [1.165, 1.54) is 9.18 Å². The molecule has 0 atom stereocenters. The Kier molecular flexibility index (Phi) is 7.49. The van der Waals surface area contributed by atoms with E-state index in [1.807, 2.05) is 37.4 Å². The minimum atomic E-state index is -3.39. The molecule has 9 heteroatoms. The third-order valence-electron chi connectivity index (χ3n) is 4.72. The summed E-state index contributed by atoms with van der Waals surface area (Å²) in [6, 6.07) is 7.69. The van der Waals surface area contributed by atoms with Crippen LogP contribution in [0.1, 0.15) is 29.3 Å². The summed E-state index contributed by atoms with van der Waals surface area (Å²) in [6.07, 6.45) is 4.52. The van der Waals surface area contributed by atoms with Gasteiger partial charge in [-0.15, -0.1) is 11.3 Å². The predicted molar refractivity (Wildman–Crippen MR) is 120 cm³/mol. The van der Waals surface area contributed by atoms with Gasteiger partial charge in [0, 0.05) is 37.1 Å². The lowest BCUT2D eigenvalue weighted by molar-refractivity contribution is 0.592. The average molecular weight is 436 g/mol. The molecule has 0 bridgehead atoms. The fraction of sp³-hybridized carbons (Fsp3) is 0.500. The summed E-state index contributed by atoms with van der Waals surface area (Å²) < 4.78 is 27.1. The van der Waals surface area contributed by atoms with E-state index in [-0.39, 0.29) is 12.3 Å². The number of para-hydroxylation sites is 1. The number of aromatic nitrogens is 1. The van der Waals surface area contributed by atoms with Gasteiger partial charge >= 0.3 is 0 Å². The zero-order valence-corrected chi connectivity index (χ0v) is 18.7. The monoisotopic (exact) mass is 435 g/mol. The number of benzene rings is 1. The number of hydrogen-bond acceptors (Lipinski definition) is 5. The summed E-state index contributed by atoms with van der Waals surface area (Å²) in [5.74, 6) is 0.626. The van der Waals surface area contributed by atoms with Crippen LogP contribution in [0, 0.1) is 0 Å². The van der Waals surface area contributed by atoms with Gasteiger partial charge in [0.2, 0.25) is 10.0 Å². The van der Waals surface area contributed by atoms with E-state index in [9.17, 15) is 8.42 Å². The van der Waals surface area contributed by atoms with Crippen molar-refractivity contribution < 1.29 is 8.42 Å². The molecule has 2 N–H and O–H groups in total. The van der Waals surface area contributed by atoms with Crippen molar-refractivity contribution in [2.75, 3.05) is 36.2 Å². The molecular weight excluding hydrogens is 406 g/mol. The van der Waals surface area contributed by atoms with Gasteiger partial charge in [0.05, 0.1) is 23.0 Å². The molecule has 0 unspecified atom stereocenters. The minimum Gasteiger partial charge on any atom is -0.357 e. The van der Waals surface area contributed by atoms with Crippen LogP contribution >= 0.6 is 11.3 Å². The summed E-state index contributed by atoms with van der Waals surface area (Å²) in [6.45, 7) is 6.26. The Hall–Kier alpha value is -2.13. The summed E-state index contributed by atoms with van der Waals surface area (Å²) >= 11 is 1.73. The molecule has 1 aliphatic rings. The van der Waals surface area contributed by atoms with E-state index >= 15 is 0 Å². The van der Waals surface area contributed by atoms with Crippen molar-refractivity contribution in [3.05, 3.63) is 45.9 Å². The number of aryl methyl sites for hydroxylation is 1. The minimum absolute atomic E-state index is 0.00967. The molecule has 0 radical (unpaired) electrons. The molecule has 0 saturated heterocycles. The van der Waals surface area contributed by atoms with E-state index in [4.69, 9.17) is 0 Å². The first-order valence-electron chi connectivity index (χ1n) is 10.1. The number of rotatable bonds is 9. The number of guanidine groups is 1. The van der Waals surface area contributed by atoms with Crippen molar-refractivity contribution in [3.63, 3.8) is 0 Å². The first-order valence-corrected chi connectivity index (χ1v) is 12.5. The fourth-order valence-corrected chi connectivity index (χ4v) is 5.49. The lowest BCUT2D eigenvalue weighted by Gasteiger charge is -2.19. The first kappa shape index (κ1) is 21.6. The molecule has 0 fully saturated rings. The highest BCUT2D eigenvalue weighted by atomic mass is 32.2. The summed E-state index contributed by atoms with van der Waals surface area (Å²) in [5.41, 5.74) is 1.89. The maximum Gasteiger partial charge on any atom is 0.237 e. The quantitative estimate of drug-likeness (QED) is 0.466. The molecule has 0 spiro atoms. The molecule has 0 aliphatic carbocycles. The molecule has 1 aromatic carbocycles. The highest BCUT2D eigenvalue weighted by molar-refractivity contribution is 7.92. The molecule has 1 aromatic heterocycles. The Balaban J connectivity index is 1.53. The number of anilines is 1. The van der Waals surface area contributed by atoms with Crippen LogP contribution in [0.25, 0.3) is 0 Å². The van der Waals surface area contributed by atoms with Crippen LogP contribution in [0.2, 0.25) is 0 Å². The second kappa shape index (κ2) is 10.1. The largest absolute Gasteiger partial charge is 0.357 e. The van der Waals surface area contributed by atoms with Gasteiger partial charge in [0.15, 0.2) is 5.96 Å². The standard InChI is InChI=1S/C20H29N5O2S2/c1-3-17-15-24-19(28-17)9-11-22-20(21-4-2)23-12-14-29(26,27)25-13-10-16-7-5-6-8-18(16)25/h5-8,15H,3-4,9-14H2,1-2H3,(H2,21,22,23). The van der Waals surface area contributed by atoms with Gasteiger partial charge in [-0.05, 0) is 31.4 Å². The fourth-order valence-electron chi connectivity index (χ4n) is 3.24. The van der Waals surface area contributed by atoms with Gasteiger partial charge in [-0.2, -0.15) is 0 Å². The van der Waals surface area contributed by atoms with Crippen LogP contribution < -0.4 is 14.9 Å². The Bertz CT molecular complexity index is 940. The van der Waals surface area contributed by atoms with Crippen LogP contribution in [0.5, 0.6) is 0 Å². The Labute approximate surface area is 177 Å². The molecule has 0 amide bonds. The van der Waals surface area contributed by atoms with E-state index in [2.05, 4.69) is 27.5 Å². The Morgan fingerprint density at radius 1 is 1.28 bits per heavy atom. The number of aliphatic imine (C=N–C) groups is 1. The summed E-state index contributed by atoms with van der Waals surface area (Å²) in [7, 11) is -3.39. The maximum absolute atomic E-state index is 12.8. The van der Waals surface area contributed by atoms with Crippen molar-refractivity contribution in [1.29, 1.82) is 0 Å². The average Bonchev–Trinajstić information content (AvgIpc) is 3.35. The van der Waals surface area contributed by atoms with Crippen molar-refractivity contribution in [1.82, 2.24) is 15.6 Å². The second-order valence-corrected chi connectivity index (χ2v) is 9.99. The van der Waals surface area contributed by atoms with Crippen molar-refractivity contribution in [2.45, 2.75) is 33.1 Å². The number of thiazole rings is 1. The lowest BCUT2D eigenvalue weighted by atomic mass is 10.2. The molecular formula is C20H29N5O2S2. The number of fused-ring (bicyclic) bond motifs is 1. The molecule has 1 aliphatic heterocycles. The highest BCUT2D eigenvalue weighted by Gasteiger charge is 2.28. The van der Waals surface area contributed by atoms with Crippen LogP contribution in [-0.2, 0) is 29.3 Å². The van der Waals surface area contributed by atoms with Crippen molar-refractivity contribution in [2.24, 2.45) is 4.99 Å². The third kappa shape index (κ3) is 5.70. The van der Waals surface area contributed by atoms with Gasteiger partial charge in [0.1, 0.15) is 0 Å². The van der Waals surface area contributed by atoms with Crippen LogP contribution in [-0.4, -0.2) is 51.3 Å². The number of hydrogen-bond donors (Lipinski definition) is 2. The normalized spacial score (nSPS) is 14.1. The topological polar surface area (TPSA) is 86.7 Å². The van der Waals surface area contributed by atoms with E-state index < -0.39 is 10.0 Å². The van der Waals surface area contributed by atoms with Gasteiger partial charge in [-0.1, -0.05) is 25.1 Å². The van der Waals surface area contributed by atoms with Crippen LogP contribution in [0.4, 0.5) is 5.69 Å². The summed E-state index contributed by atoms with van der Waals surface area (Å²) in [4.78, 5) is 10.2. The molecule has 158 valence electrons.